The van der Waals surface area contributed by atoms with Crippen LogP contribution in [-0.2, 0) is 11.2 Å². The predicted molar refractivity (Wildman–Crippen MR) is 90.1 cm³/mol. The minimum Gasteiger partial charge on any atom is -0.337 e. The molecule has 1 aromatic rings. The number of carbonyl (C=O) groups is 1. The van der Waals surface area contributed by atoms with Crippen molar-refractivity contribution >= 4 is 18.3 Å². The van der Waals surface area contributed by atoms with Gasteiger partial charge in [0, 0.05) is 32.1 Å². The SMILES string of the molecule is CC(C)c1ccc(CCC(=O)N2CCNC[C@@H]2C)cc1.Cl. The van der Waals surface area contributed by atoms with E-state index in [0.717, 1.165) is 26.1 Å². The molecule has 0 aliphatic carbocycles. The van der Waals surface area contributed by atoms with Crippen LogP contribution in [0.15, 0.2) is 24.3 Å². The van der Waals surface area contributed by atoms with Gasteiger partial charge < -0.3 is 10.2 Å². The molecule has 0 aromatic heterocycles. The molecule has 1 amide bonds. The number of benzene rings is 1. The monoisotopic (exact) mass is 310 g/mol. The van der Waals surface area contributed by atoms with Crippen LogP contribution >= 0.6 is 12.4 Å². The number of halogens is 1. The Kier molecular flexibility index (Phi) is 7.20. The smallest absolute Gasteiger partial charge is 0.223 e. The van der Waals surface area contributed by atoms with E-state index >= 15 is 0 Å². The number of hydrogen-bond acceptors (Lipinski definition) is 2. The fraction of sp³-hybridized carbons (Fsp3) is 0.588. The van der Waals surface area contributed by atoms with Gasteiger partial charge in [-0.2, -0.15) is 0 Å². The number of hydrogen-bond donors (Lipinski definition) is 1. The van der Waals surface area contributed by atoms with Gasteiger partial charge in [-0.15, -0.1) is 12.4 Å². The first kappa shape index (κ1) is 18.0. The van der Waals surface area contributed by atoms with Crippen LogP contribution < -0.4 is 5.32 Å². The van der Waals surface area contributed by atoms with Crippen molar-refractivity contribution in [1.82, 2.24) is 10.2 Å². The highest BCUT2D eigenvalue weighted by atomic mass is 35.5. The minimum absolute atomic E-state index is 0. The Balaban J connectivity index is 0.00000220. The van der Waals surface area contributed by atoms with E-state index < -0.39 is 0 Å². The van der Waals surface area contributed by atoms with Gasteiger partial charge in [0.1, 0.15) is 0 Å². The molecular formula is C17H27ClN2O. The zero-order valence-corrected chi connectivity index (χ0v) is 14.1. The van der Waals surface area contributed by atoms with Crippen LogP contribution in [0.5, 0.6) is 0 Å². The molecule has 0 radical (unpaired) electrons. The van der Waals surface area contributed by atoms with E-state index in [9.17, 15) is 4.79 Å². The Bertz CT molecular complexity index is 445. The Morgan fingerprint density at radius 1 is 1.33 bits per heavy atom. The van der Waals surface area contributed by atoms with Crippen LogP contribution in [0, 0.1) is 0 Å². The third kappa shape index (κ3) is 5.01. The van der Waals surface area contributed by atoms with E-state index in [-0.39, 0.29) is 18.3 Å². The molecule has 1 aliphatic rings. The summed E-state index contributed by atoms with van der Waals surface area (Å²) >= 11 is 0. The van der Waals surface area contributed by atoms with Gasteiger partial charge >= 0.3 is 0 Å². The van der Waals surface area contributed by atoms with Gasteiger partial charge in [-0.25, -0.2) is 0 Å². The largest absolute Gasteiger partial charge is 0.337 e. The molecule has 1 N–H and O–H groups in total. The molecule has 1 fully saturated rings. The molecule has 4 heteroatoms. The molecule has 118 valence electrons. The van der Waals surface area contributed by atoms with E-state index in [1.165, 1.54) is 11.1 Å². The average Bonchev–Trinajstić information content (AvgIpc) is 2.45. The summed E-state index contributed by atoms with van der Waals surface area (Å²) in [4.78, 5) is 14.3. The highest BCUT2D eigenvalue weighted by molar-refractivity contribution is 5.85. The first-order valence-electron chi connectivity index (χ1n) is 7.67. The minimum atomic E-state index is 0. The van der Waals surface area contributed by atoms with Crippen molar-refractivity contribution in [2.24, 2.45) is 0 Å². The molecule has 1 aliphatic heterocycles. The highest BCUT2D eigenvalue weighted by Gasteiger charge is 2.22. The maximum absolute atomic E-state index is 12.3. The van der Waals surface area contributed by atoms with Gasteiger partial charge in [0.2, 0.25) is 5.91 Å². The lowest BCUT2D eigenvalue weighted by molar-refractivity contribution is -0.133. The van der Waals surface area contributed by atoms with Crippen LogP contribution in [-0.4, -0.2) is 36.5 Å². The van der Waals surface area contributed by atoms with Gasteiger partial charge in [-0.05, 0) is 30.4 Å². The molecular weight excluding hydrogens is 284 g/mol. The average molecular weight is 311 g/mol. The second-order valence-corrected chi connectivity index (χ2v) is 6.04. The molecule has 0 bridgehead atoms. The lowest BCUT2D eigenvalue weighted by Crippen LogP contribution is -2.52. The molecule has 21 heavy (non-hydrogen) atoms. The molecule has 0 saturated carbocycles. The van der Waals surface area contributed by atoms with Crippen LogP contribution in [0.25, 0.3) is 0 Å². The Hall–Kier alpha value is -1.06. The summed E-state index contributed by atoms with van der Waals surface area (Å²) in [5.41, 5.74) is 2.61. The number of amides is 1. The standard InChI is InChI=1S/C17H26N2O.ClH/c1-13(2)16-7-4-15(5-8-16)6-9-17(20)19-11-10-18-12-14(19)3;/h4-5,7-8,13-14,18H,6,9-12H2,1-3H3;1H/t14-;/m0./s1. The summed E-state index contributed by atoms with van der Waals surface area (Å²) in [5.74, 6) is 0.847. The Morgan fingerprint density at radius 3 is 2.57 bits per heavy atom. The molecule has 1 heterocycles. The zero-order valence-electron chi connectivity index (χ0n) is 13.3. The Morgan fingerprint density at radius 2 is 2.00 bits per heavy atom. The number of nitrogens with zero attached hydrogens (tertiary/aromatic N) is 1. The summed E-state index contributed by atoms with van der Waals surface area (Å²) < 4.78 is 0. The number of nitrogens with one attached hydrogen (secondary N) is 1. The van der Waals surface area contributed by atoms with Crippen LogP contribution in [0.2, 0.25) is 0 Å². The normalized spacial score (nSPS) is 18.5. The molecule has 1 aromatic carbocycles. The second kappa shape index (κ2) is 8.40. The highest BCUT2D eigenvalue weighted by Crippen LogP contribution is 2.16. The summed E-state index contributed by atoms with van der Waals surface area (Å²) in [6, 6.07) is 8.99. The number of rotatable bonds is 4. The fourth-order valence-corrected chi connectivity index (χ4v) is 2.68. The predicted octanol–water partition coefficient (Wildman–Crippen LogP) is 2.98. The molecule has 2 rings (SSSR count). The molecule has 0 unspecified atom stereocenters. The van der Waals surface area contributed by atoms with Gasteiger partial charge in [-0.3, -0.25) is 4.79 Å². The van der Waals surface area contributed by atoms with Crippen molar-refractivity contribution in [1.29, 1.82) is 0 Å². The Labute approximate surface area is 134 Å². The van der Waals surface area contributed by atoms with Gasteiger partial charge in [0.05, 0.1) is 0 Å². The van der Waals surface area contributed by atoms with Crippen molar-refractivity contribution in [2.75, 3.05) is 19.6 Å². The van der Waals surface area contributed by atoms with Gasteiger partial charge in [0.25, 0.3) is 0 Å². The molecule has 3 nitrogen and oxygen atoms in total. The first-order valence-corrected chi connectivity index (χ1v) is 7.67. The quantitative estimate of drug-likeness (QED) is 0.927. The van der Waals surface area contributed by atoms with Crippen LogP contribution in [0.3, 0.4) is 0 Å². The molecule has 1 atom stereocenters. The van der Waals surface area contributed by atoms with Crippen molar-refractivity contribution in [3.63, 3.8) is 0 Å². The summed E-state index contributed by atoms with van der Waals surface area (Å²) in [6.07, 6.45) is 1.46. The molecule has 1 saturated heterocycles. The van der Waals surface area contributed by atoms with Gasteiger partial charge in [0.15, 0.2) is 0 Å². The molecule has 0 spiro atoms. The number of piperazine rings is 1. The van der Waals surface area contributed by atoms with Gasteiger partial charge in [-0.1, -0.05) is 38.1 Å². The first-order chi connectivity index (χ1) is 9.58. The fourth-order valence-electron chi connectivity index (χ4n) is 2.68. The summed E-state index contributed by atoms with van der Waals surface area (Å²) in [7, 11) is 0. The lowest BCUT2D eigenvalue weighted by atomic mass is 10.00. The van der Waals surface area contributed by atoms with E-state index in [2.05, 4.69) is 50.4 Å². The maximum atomic E-state index is 12.3. The van der Waals surface area contributed by atoms with E-state index in [0.29, 0.717) is 18.4 Å². The van der Waals surface area contributed by atoms with Crippen molar-refractivity contribution in [2.45, 2.75) is 45.6 Å². The van der Waals surface area contributed by atoms with Crippen LogP contribution in [0.4, 0.5) is 0 Å². The third-order valence-electron chi connectivity index (χ3n) is 4.10. The van der Waals surface area contributed by atoms with E-state index in [4.69, 9.17) is 0 Å². The van der Waals surface area contributed by atoms with Crippen molar-refractivity contribution in [3.05, 3.63) is 35.4 Å². The summed E-state index contributed by atoms with van der Waals surface area (Å²) in [5, 5.41) is 3.32. The number of carbonyl (C=O) groups excluding carboxylic acids is 1. The van der Waals surface area contributed by atoms with Crippen LogP contribution in [0.1, 0.15) is 44.2 Å². The second-order valence-electron chi connectivity index (χ2n) is 6.04. The lowest BCUT2D eigenvalue weighted by Gasteiger charge is -2.34. The van der Waals surface area contributed by atoms with Crippen molar-refractivity contribution < 1.29 is 4.79 Å². The third-order valence-corrected chi connectivity index (χ3v) is 4.10. The summed E-state index contributed by atoms with van der Waals surface area (Å²) in [6.45, 7) is 9.18. The van der Waals surface area contributed by atoms with E-state index in [1.807, 2.05) is 4.90 Å². The zero-order chi connectivity index (χ0) is 14.5. The number of aryl methyl sites for hydroxylation is 1. The van der Waals surface area contributed by atoms with E-state index in [1.54, 1.807) is 0 Å². The van der Waals surface area contributed by atoms with Crippen molar-refractivity contribution in [3.8, 4) is 0 Å². The maximum Gasteiger partial charge on any atom is 0.223 e. The topological polar surface area (TPSA) is 32.3 Å².